The van der Waals surface area contributed by atoms with Gasteiger partial charge in [-0.15, -0.1) is 0 Å². The molecule has 1 aromatic carbocycles. The van der Waals surface area contributed by atoms with E-state index >= 15 is 0 Å². The lowest BCUT2D eigenvalue weighted by molar-refractivity contribution is 0.252. The lowest BCUT2D eigenvalue weighted by Gasteiger charge is -2.22. The fourth-order valence-electron chi connectivity index (χ4n) is 2.57. The average Bonchev–Trinajstić information content (AvgIpc) is 2.48. The SMILES string of the molecule is CS(=O)(=O)N1CCCCCCCN=CC(O)c2ccc1cc2. The molecule has 3 rings (SSSR count). The Hall–Kier alpha value is -1.40. The van der Waals surface area contributed by atoms with E-state index in [2.05, 4.69) is 4.99 Å². The molecule has 0 saturated carbocycles. The van der Waals surface area contributed by atoms with Crippen LogP contribution in [0.2, 0.25) is 0 Å². The smallest absolute Gasteiger partial charge is 0.232 e. The number of anilines is 1. The third kappa shape index (κ3) is 4.81. The second kappa shape index (κ2) is 7.74. The van der Waals surface area contributed by atoms with E-state index in [1.165, 1.54) is 10.6 Å². The zero-order valence-corrected chi connectivity index (χ0v) is 13.8. The molecule has 2 bridgehead atoms. The van der Waals surface area contributed by atoms with Gasteiger partial charge < -0.3 is 5.11 Å². The molecule has 2 aliphatic heterocycles. The second-order valence-electron chi connectivity index (χ2n) is 5.69. The predicted molar refractivity (Wildman–Crippen MR) is 90.0 cm³/mol. The van der Waals surface area contributed by atoms with Crippen LogP contribution in [0.1, 0.15) is 43.8 Å². The van der Waals surface area contributed by atoms with Crippen LogP contribution in [-0.2, 0) is 10.0 Å². The number of aliphatic hydroxyl groups excluding tert-OH is 1. The third-order valence-electron chi connectivity index (χ3n) is 3.82. The van der Waals surface area contributed by atoms with Crippen LogP contribution in [0.3, 0.4) is 0 Å². The highest BCUT2D eigenvalue weighted by Gasteiger charge is 2.17. The predicted octanol–water partition coefficient (Wildman–Crippen LogP) is 2.52. The van der Waals surface area contributed by atoms with Crippen LogP contribution >= 0.6 is 0 Å². The molecule has 2 heterocycles. The standard InChI is InChI=1S/C16H24N2O3S/c1-22(20,21)18-12-6-4-2-3-5-11-17-13-16(19)14-7-9-15(18)10-8-14/h7-10,13,16,19H,2-6,11-12H2,1H3. The van der Waals surface area contributed by atoms with E-state index in [0.29, 0.717) is 12.2 Å². The van der Waals surface area contributed by atoms with E-state index in [-0.39, 0.29) is 0 Å². The van der Waals surface area contributed by atoms with Crippen LogP contribution in [0.15, 0.2) is 29.3 Å². The minimum atomic E-state index is -3.29. The van der Waals surface area contributed by atoms with E-state index in [0.717, 1.165) is 44.2 Å². The van der Waals surface area contributed by atoms with Crippen LogP contribution in [-0.4, -0.2) is 39.1 Å². The maximum Gasteiger partial charge on any atom is 0.232 e. The Morgan fingerprint density at radius 2 is 1.73 bits per heavy atom. The first-order valence-corrected chi connectivity index (χ1v) is 9.59. The van der Waals surface area contributed by atoms with Crippen molar-refractivity contribution >= 4 is 21.9 Å². The highest BCUT2D eigenvalue weighted by atomic mass is 32.2. The van der Waals surface area contributed by atoms with Crippen molar-refractivity contribution in [1.82, 2.24) is 0 Å². The molecule has 0 aromatic heterocycles. The molecule has 1 aromatic rings. The summed E-state index contributed by atoms with van der Waals surface area (Å²) in [6.45, 7) is 1.22. The summed E-state index contributed by atoms with van der Waals surface area (Å²) in [5, 5.41) is 10.1. The summed E-state index contributed by atoms with van der Waals surface area (Å²) in [4.78, 5) is 4.26. The molecule has 22 heavy (non-hydrogen) atoms. The number of fused-ring (bicyclic) bond motifs is 11. The van der Waals surface area contributed by atoms with Crippen LogP contribution in [0.25, 0.3) is 0 Å². The number of benzene rings is 1. The van der Waals surface area contributed by atoms with Gasteiger partial charge in [0.1, 0.15) is 6.10 Å². The molecular formula is C16H24N2O3S. The third-order valence-corrected chi connectivity index (χ3v) is 5.01. The number of rotatable bonds is 1. The number of sulfonamides is 1. The van der Waals surface area contributed by atoms with Gasteiger partial charge in [0.05, 0.1) is 11.9 Å². The van der Waals surface area contributed by atoms with Crippen LogP contribution in [0.5, 0.6) is 0 Å². The van der Waals surface area contributed by atoms with Gasteiger partial charge in [-0.05, 0) is 30.5 Å². The molecular weight excluding hydrogens is 300 g/mol. The number of aliphatic imine (C=N–C) groups is 1. The zero-order valence-electron chi connectivity index (χ0n) is 13.0. The van der Waals surface area contributed by atoms with Gasteiger partial charge in [-0.25, -0.2) is 8.42 Å². The van der Waals surface area contributed by atoms with Crippen molar-refractivity contribution in [2.75, 3.05) is 23.7 Å². The molecule has 0 amide bonds. The van der Waals surface area contributed by atoms with E-state index in [4.69, 9.17) is 0 Å². The molecule has 2 aliphatic rings. The first kappa shape index (κ1) is 17.0. The van der Waals surface area contributed by atoms with Crippen molar-refractivity contribution < 1.29 is 13.5 Å². The summed E-state index contributed by atoms with van der Waals surface area (Å²) in [6, 6.07) is 6.99. The fourth-order valence-corrected chi connectivity index (χ4v) is 3.54. The molecule has 0 radical (unpaired) electrons. The normalized spacial score (nSPS) is 21.4. The topological polar surface area (TPSA) is 70.0 Å². The number of hydrogen-bond acceptors (Lipinski definition) is 4. The van der Waals surface area contributed by atoms with Crippen LogP contribution in [0, 0.1) is 0 Å². The van der Waals surface area contributed by atoms with Crippen molar-refractivity contribution in [3.8, 4) is 0 Å². The van der Waals surface area contributed by atoms with Gasteiger partial charge in [0, 0.05) is 19.3 Å². The number of aliphatic hydroxyl groups is 1. The van der Waals surface area contributed by atoms with Gasteiger partial charge in [0.2, 0.25) is 10.0 Å². The molecule has 1 atom stereocenters. The Bertz CT molecular complexity index is 596. The highest BCUT2D eigenvalue weighted by Crippen LogP contribution is 2.22. The van der Waals surface area contributed by atoms with Crippen molar-refractivity contribution in [1.29, 1.82) is 0 Å². The summed E-state index contributed by atoms with van der Waals surface area (Å²) >= 11 is 0. The van der Waals surface area contributed by atoms with Crippen molar-refractivity contribution in [3.63, 3.8) is 0 Å². The van der Waals surface area contributed by atoms with Gasteiger partial charge in [-0.2, -0.15) is 0 Å². The van der Waals surface area contributed by atoms with Crippen molar-refractivity contribution in [2.45, 2.75) is 38.2 Å². The first-order valence-electron chi connectivity index (χ1n) is 7.74. The largest absolute Gasteiger partial charge is 0.383 e. The Kier molecular flexibility index (Phi) is 5.97. The molecule has 0 aliphatic carbocycles. The molecule has 6 heteroatoms. The zero-order chi connectivity index (χ0) is 16.0. The van der Waals surface area contributed by atoms with Crippen LogP contribution < -0.4 is 4.31 Å². The Balaban J connectivity index is 2.27. The van der Waals surface area contributed by atoms with Crippen molar-refractivity contribution in [3.05, 3.63) is 29.8 Å². The summed E-state index contributed by atoms with van der Waals surface area (Å²) in [5.74, 6) is 0. The minimum absolute atomic E-state index is 0.497. The quantitative estimate of drug-likeness (QED) is 0.863. The maximum atomic E-state index is 12.0. The van der Waals surface area contributed by atoms with E-state index in [1.807, 2.05) is 0 Å². The summed E-state index contributed by atoms with van der Waals surface area (Å²) in [6.07, 6.45) is 7.06. The number of hydrogen-bond donors (Lipinski definition) is 1. The van der Waals surface area contributed by atoms with E-state index in [1.54, 1.807) is 30.5 Å². The fraction of sp³-hybridized carbons (Fsp3) is 0.562. The van der Waals surface area contributed by atoms with E-state index < -0.39 is 16.1 Å². The molecule has 0 fully saturated rings. The van der Waals surface area contributed by atoms with Gasteiger partial charge in [-0.1, -0.05) is 31.4 Å². The lowest BCUT2D eigenvalue weighted by atomic mass is 10.1. The Morgan fingerprint density at radius 1 is 1.09 bits per heavy atom. The maximum absolute atomic E-state index is 12.0. The molecule has 122 valence electrons. The minimum Gasteiger partial charge on any atom is -0.383 e. The second-order valence-corrected chi connectivity index (χ2v) is 7.60. The van der Waals surface area contributed by atoms with Gasteiger partial charge in [-0.3, -0.25) is 9.30 Å². The molecule has 1 unspecified atom stereocenters. The monoisotopic (exact) mass is 324 g/mol. The van der Waals surface area contributed by atoms with Crippen LogP contribution in [0.4, 0.5) is 5.69 Å². The summed E-state index contributed by atoms with van der Waals surface area (Å²) < 4.78 is 25.4. The summed E-state index contributed by atoms with van der Waals surface area (Å²) in [7, 11) is -3.29. The van der Waals surface area contributed by atoms with Crippen molar-refractivity contribution in [2.24, 2.45) is 4.99 Å². The molecule has 5 nitrogen and oxygen atoms in total. The molecule has 0 spiro atoms. The lowest BCUT2D eigenvalue weighted by Crippen LogP contribution is -2.30. The average molecular weight is 324 g/mol. The van der Waals surface area contributed by atoms with Gasteiger partial charge >= 0.3 is 0 Å². The highest BCUT2D eigenvalue weighted by molar-refractivity contribution is 7.92. The molecule has 1 N–H and O–H groups in total. The van der Waals surface area contributed by atoms with Gasteiger partial charge in [0.15, 0.2) is 0 Å². The Morgan fingerprint density at radius 3 is 2.41 bits per heavy atom. The number of nitrogens with zero attached hydrogens (tertiary/aromatic N) is 2. The van der Waals surface area contributed by atoms with Gasteiger partial charge in [0.25, 0.3) is 0 Å². The first-order chi connectivity index (χ1) is 10.5. The molecule has 0 saturated heterocycles. The Labute approximate surface area is 132 Å². The summed E-state index contributed by atoms with van der Waals surface area (Å²) in [5.41, 5.74) is 1.36. The van der Waals surface area contributed by atoms with E-state index in [9.17, 15) is 13.5 Å².